The van der Waals surface area contributed by atoms with Crippen LogP contribution in [-0.2, 0) is 4.79 Å². The zero-order chi connectivity index (χ0) is 15.9. The van der Waals surface area contributed by atoms with Crippen LogP contribution in [0.1, 0.15) is 18.0 Å². The number of fused-ring (bicyclic) bond motifs is 2. The van der Waals surface area contributed by atoms with Gasteiger partial charge in [0.15, 0.2) is 0 Å². The van der Waals surface area contributed by atoms with E-state index in [2.05, 4.69) is 10.6 Å². The van der Waals surface area contributed by atoms with Crippen LogP contribution in [0.25, 0.3) is 0 Å². The van der Waals surface area contributed by atoms with Crippen molar-refractivity contribution in [3.63, 3.8) is 0 Å². The highest BCUT2D eigenvalue weighted by molar-refractivity contribution is 7.96. The maximum atomic E-state index is 13.1. The van der Waals surface area contributed by atoms with Gasteiger partial charge in [-0.2, -0.15) is 0 Å². The average Bonchev–Trinajstić information content (AvgIpc) is 2.49. The number of amides is 1. The molecule has 3 aliphatic rings. The molecule has 1 amide bonds. The Morgan fingerprint density at radius 2 is 1.86 bits per heavy atom. The molecule has 0 N–H and O–H groups in total. The summed E-state index contributed by atoms with van der Waals surface area (Å²) in [6, 6.07) is 6.57. The lowest BCUT2D eigenvalue weighted by molar-refractivity contribution is -0.155. The molecular formula is C16H22FN3OS. The third kappa shape index (κ3) is 2.75. The van der Waals surface area contributed by atoms with Gasteiger partial charge in [0, 0.05) is 25.2 Å². The molecule has 3 fully saturated rings. The summed E-state index contributed by atoms with van der Waals surface area (Å²) in [6.07, 6.45) is 3.18. The first-order chi connectivity index (χ1) is 10.5. The molecular weight excluding hydrogens is 301 g/mol. The highest BCUT2D eigenvalue weighted by Crippen LogP contribution is 2.37. The van der Waals surface area contributed by atoms with E-state index in [9.17, 15) is 9.18 Å². The number of carbonyl (C=O) groups excluding carboxylic acids is 1. The molecule has 120 valence electrons. The second kappa shape index (κ2) is 6.18. The van der Waals surface area contributed by atoms with E-state index in [0.717, 1.165) is 25.1 Å². The number of hydrogen-bond acceptors (Lipinski definition) is 4. The molecule has 0 spiro atoms. The molecule has 3 heterocycles. The van der Waals surface area contributed by atoms with Crippen LogP contribution >= 0.6 is 11.9 Å². The van der Waals surface area contributed by atoms with Gasteiger partial charge in [-0.15, -0.1) is 0 Å². The fourth-order valence-electron chi connectivity index (χ4n) is 3.53. The molecule has 1 aromatic carbocycles. The lowest BCUT2D eigenvalue weighted by atomic mass is 9.87. The molecule has 3 unspecified atom stereocenters. The highest BCUT2D eigenvalue weighted by atomic mass is 32.2. The summed E-state index contributed by atoms with van der Waals surface area (Å²) >= 11 is 1.75. The number of nitrogens with zero attached hydrogens (tertiary/aromatic N) is 3. The van der Waals surface area contributed by atoms with E-state index in [0.29, 0.717) is 12.1 Å². The zero-order valence-corrected chi connectivity index (χ0v) is 14.0. The van der Waals surface area contributed by atoms with E-state index in [1.54, 1.807) is 24.1 Å². The lowest BCUT2D eigenvalue weighted by Crippen LogP contribution is -2.70. The summed E-state index contributed by atoms with van der Waals surface area (Å²) in [5.74, 6) is -0.135. The van der Waals surface area contributed by atoms with Crippen molar-refractivity contribution >= 4 is 17.9 Å². The second-order valence-corrected chi connectivity index (χ2v) is 7.12. The fraction of sp³-hybridized carbons (Fsp3) is 0.562. The van der Waals surface area contributed by atoms with Gasteiger partial charge in [-0.1, -0.05) is 24.1 Å². The first-order valence-electron chi connectivity index (χ1n) is 7.54. The van der Waals surface area contributed by atoms with E-state index >= 15 is 0 Å². The summed E-state index contributed by atoms with van der Waals surface area (Å²) < 4.78 is 15.5. The van der Waals surface area contributed by atoms with E-state index in [1.165, 1.54) is 12.1 Å². The largest absolute Gasteiger partial charge is 0.332 e. The van der Waals surface area contributed by atoms with Gasteiger partial charge in [-0.05, 0) is 44.5 Å². The minimum Gasteiger partial charge on any atom is -0.332 e. The van der Waals surface area contributed by atoms with Crippen molar-refractivity contribution in [2.75, 3.05) is 33.4 Å². The number of hydrogen-bond donors (Lipinski definition) is 0. The Bertz CT molecular complexity index is 539. The van der Waals surface area contributed by atoms with E-state index in [1.807, 2.05) is 23.9 Å². The first kappa shape index (κ1) is 15.8. The summed E-state index contributed by atoms with van der Waals surface area (Å²) in [7, 11) is 3.80. The number of benzene rings is 1. The molecule has 3 aliphatic heterocycles. The molecule has 3 atom stereocenters. The van der Waals surface area contributed by atoms with Gasteiger partial charge < -0.3 is 4.90 Å². The number of piperidine rings is 1. The van der Waals surface area contributed by atoms with Gasteiger partial charge >= 0.3 is 0 Å². The molecule has 6 heteroatoms. The molecule has 2 bridgehead atoms. The normalized spacial score (nSPS) is 26.0. The van der Waals surface area contributed by atoms with Crippen molar-refractivity contribution in [1.29, 1.82) is 0 Å². The molecule has 0 saturated carbocycles. The Morgan fingerprint density at radius 1 is 1.27 bits per heavy atom. The maximum absolute atomic E-state index is 13.1. The summed E-state index contributed by atoms with van der Waals surface area (Å²) in [6.45, 7) is 1.87. The van der Waals surface area contributed by atoms with Crippen LogP contribution in [0.2, 0.25) is 0 Å². The van der Waals surface area contributed by atoms with Crippen molar-refractivity contribution in [2.24, 2.45) is 0 Å². The summed E-state index contributed by atoms with van der Waals surface area (Å²) in [4.78, 5) is 17.0. The average molecular weight is 323 g/mol. The molecule has 0 aromatic heterocycles. The second-order valence-electron chi connectivity index (χ2n) is 6.24. The number of piperazine rings is 1. The molecule has 4 rings (SSSR count). The van der Waals surface area contributed by atoms with E-state index in [-0.39, 0.29) is 17.8 Å². The van der Waals surface area contributed by atoms with Crippen molar-refractivity contribution in [3.05, 3.63) is 35.6 Å². The third-order valence-electron chi connectivity index (χ3n) is 4.61. The van der Waals surface area contributed by atoms with Gasteiger partial charge in [-0.3, -0.25) is 9.69 Å². The Labute approximate surface area is 135 Å². The zero-order valence-electron chi connectivity index (χ0n) is 13.2. The molecule has 0 aliphatic carbocycles. The summed E-state index contributed by atoms with van der Waals surface area (Å²) in [5, 5.41) is 0. The lowest BCUT2D eigenvalue weighted by Gasteiger charge is -2.56. The van der Waals surface area contributed by atoms with Gasteiger partial charge in [-0.25, -0.2) is 8.70 Å². The van der Waals surface area contributed by atoms with Crippen LogP contribution in [0.4, 0.5) is 4.39 Å². The Hall–Kier alpha value is -1.11. The predicted molar refractivity (Wildman–Crippen MR) is 87.0 cm³/mol. The van der Waals surface area contributed by atoms with Crippen LogP contribution in [0.3, 0.4) is 0 Å². The van der Waals surface area contributed by atoms with E-state index < -0.39 is 0 Å². The van der Waals surface area contributed by atoms with Crippen molar-refractivity contribution < 1.29 is 9.18 Å². The van der Waals surface area contributed by atoms with Gasteiger partial charge in [0.25, 0.3) is 0 Å². The quantitative estimate of drug-likeness (QED) is 0.792. The van der Waals surface area contributed by atoms with Gasteiger partial charge in [0.2, 0.25) is 5.91 Å². The Morgan fingerprint density at radius 3 is 2.36 bits per heavy atom. The maximum Gasteiger partial charge on any atom is 0.245 e. The first-order valence-corrected chi connectivity index (χ1v) is 8.72. The molecule has 22 heavy (non-hydrogen) atoms. The van der Waals surface area contributed by atoms with Crippen molar-refractivity contribution in [3.8, 4) is 0 Å². The SMILES string of the molecule is CSN1CC2CC(C1)N2C(=O)C(c1ccc(F)cc1)N(C)C. The van der Waals surface area contributed by atoms with Crippen molar-refractivity contribution in [2.45, 2.75) is 24.5 Å². The van der Waals surface area contributed by atoms with Crippen LogP contribution < -0.4 is 0 Å². The van der Waals surface area contributed by atoms with Crippen LogP contribution in [-0.4, -0.2) is 65.5 Å². The van der Waals surface area contributed by atoms with Crippen LogP contribution in [0.5, 0.6) is 0 Å². The van der Waals surface area contributed by atoms with Crippen LogP contribution in [0, 0.1) is 5.82 Å². The van der Waals surface area contributed by atoms with Crippen molar-refractivity contribution in [1.82, 2.24) is 14.1 Å². The topological polar surface area (TPSA) is 26.8 Å². The smallest absolute Gasteiger partial charge is 0.245 e. The Kier molecular flexibility index (Phi) is 4.43. The third-order valence-corrected chi connectivity index (χ3v) is 5.42. The highest BCUT2D eigenvalue weighted by Gasteiger charge is 2.49. The minimum absolute atomic E-state index is 0.138. The van der Waals surface area contributed by atoms with Gasteiger partial charge in [0.1, 0.15) is 11.9 Å². The molecule has 3 saturated heterocycles. The number of likely N-dealkylation sites (N-methyl/N-ethyl adjacent to an activating group) is 1. The Balaban J connectivity index is 1.78. The van der Waals surface area contributed by atoms with E-state index in [4.69, 9.17) is 0 Å². The van der Waals surface area contributed by atoms with Gasteiger partial charge in [0.05, 0.1) is 0 Å². The molecule has 4 nitrogen and oxygen atoms in total. The summed E-state index contributed by atoms with van der Waals surface area (Å²) in [5.41, 5.74) is 0.850. The minimum atomic E-state index is -0.341. The number of halogens is 1. The monoisotopic (exact) mass is 323 g/mol. The number of carbonyl (C=O) groups is 1. The molecule has 0 radical (unpaired) electrons. The molecule has 1 aromatic rings. The standard InChI is InChI=1S/C16H22FN3OS/c1-18(2)15(11-4-6-12(17)7-5-11)16(21)20-13-8-14(20)10-19(9-13)22-3/h4-7,13-15H,8-10H2,1-3H3. The fourth-order valence-corrected chi connectivity index (χ4v) is 4.17. The van der Waals surface area contributed by atoms with Crippen LogP contribution in [0.15, 0.2) is 24.3 Å². The number of rotatable bonds is 4. The predicted octanol–water partition coefficient (Wildman–Crippen LogP) is 1.99.